The molecule has 2 amide bonds. The zero-order chi connectivity index (χ0) is 14.8. The fourth-order valence-electron chi connectivity index (χ4n) is 2.62. The van der Waals surface area contributed by atoms with Crippen LogP contribution >= 0.6 is 0 Å². The monoisotopic (exact) mass is 282 g/mol. The number of amides is 2. The van der Waals surface area contributed by atoms with E-state index in [2.05, 4.69) is 19.2 Å². The van der Waals surface area contributed by atoms with Gasteiger partial charge in [0.15, 0.2) is 0 Å². The van der Waals surface area contributed by atoms with Crippen LogP contribution in [0.5, 0.6) is 0 Å². The van der Waals surface area contributed by atoms with Crippen LogP contribution in [0.1, 0.15) is 65.2 Å². The highest BCUT2D eigenvalue weighted by Gasteiger charge is 2.33. The largest absolute Gasteiger partial charge is 0.356 e. The van der Waals surface area contributed by atoms with E-state index in [4.69, 9.17) is 0 Å². The average Bonchev–Trinajstić information content (AvgIpc) is 2.81. The van der Waals surface area contributed by atoms with Gasteiger partial charge in [-0.25, -0.2) is 0 Å². The smallest absolute Gasteiger partial charge is 0.225 e. The Morgan fingerprint density at radius 3 is 2.55 bits per heavy atom. The van der Waals surface area contributed by atoms with Crippen molar-refractivity contribution >= 4 is 11.8 Å². The Labute approximate surface area is 123 Å². The van der Waals surface area contributed by atoms with Crippen LogP contribution in [-0.2, 0) is 9.59 Å². The van der Waals surface area contributed by atoms with E-state index in [-0.39, 0.29) is 17.7 Å². The highest BCUT2D eigenvalue weighted by molar-refractivity contribution is 5.89. The van der Waals surface area contributed by atoms with Gasteiger partial charge in [-0.1, -0.05) is 46.0 Å². The molecule has 1 aliphatic heterocycles. The maximum atomic E-state index is 12.0. The number of rotatable bonds is 10. The van der Waals surface area contributed by atoms with E-state index >= 15 is 0 Å². The van der Waals surface area contributed by atoms with E-state index in [1.165, 1.54) is 19.3 Å². The van der Waals surface area contributed by atoms with Crippen molar-refractivity contribution < 1.29 is 9.59 Å². The van der Waals surface area contributed by atoms with Gasteiger partial charge in [0.1, 0.15) is 0 Å². The van der Waals surface area contributed by atoms with Gasteiger partial charge in [-0.2, -0.15) is 0 Å². The van der Waals surface area contributed by atoms with Crippen LogP contribution in [0.4, 0.5) is 0 Å². The summed E-state index contributed by atoms with van der Waals surface area (Å²) >= 11 is 0. The predicted molar refractivity (Wildman–Crippen MR) is 81.4 cm³/mol. The molecule has 1 rings (SSSR count). The second-order valence-electron chi connectivity index (χ2n) is 5.80. The molecule has 0 aromatic heterocycles. The topological polar surface area (TPSA) is 49.4 Å². The van der Waals surface area contributed by atoms with Crippen molar-refractivity contribution in [3.8, 4) is 0 Å². The van der Waals surface area contributed by atoms with Crippen molar-refractivity contribution in [1.29, 1.82) is 0 Å². The van der Waals surface area contributed by atoms with Gasteiger partial charge in [-0.3, -0.25) is 9.59 Å². The zero-order valence-corrected chi connectivity index (χ0v) is 13.1. The normalized spacial score (nSPS) is 18.6. The van der Waals surface area contributed by atoms with E-state index in [9.17, 15) is 9.59 Å². The summed E-state index contributed by atoms with van der Waals surface area (Å²) in [5.74, 6) is 0.0796. The summed E-state index contributed by atoms with van der Waals surface area (Å²) < 4.78 is 0. The third kappa shape index (κ3) is 5.93. The molecule has 0 bridgehead atoms. The first-order chi connectivity index (χ1) is 9.69. The van der Waals surface area contributed by atoms with E-state index in [1.54, 1.807) is 0 Å². The summed E-state index contributed by atoms with van der Waals surface area (Å²) in [6, 6.07) is 0. The third-order valence-corrected chi connectivity index (χ3v) is 3.95. The van der Waals surface area contributed by atoms with Gasteiger partial charge >= 0.3 is 0 Å². The lowest BCUT2D eigenvalue weighted by Crippen LogP contribution is -2.33. The van der Waals surface area contributed by atoms with Gasteiger partial charge < -0.3 is 10.2 Å². The molecule has 1 saturated heterocycles. The first kappa shape index (κ1) is 17.0. The molecule has 116 valence electrons. The molecule has 1 atom stereocenters. The van der Waals surface area contributed by atoms with Crippen LogP contribution in [0.25, 0.3) is 0 Å². The Hall–Kier alpha value is -1.06. The lowest BCUT2D eigenvalue weighted by atomic mass is 10.1. The molecule has 0 aromatic rings. The Morgan fingerprint density at radius 2 is 1.85 bits per heavy atom. The number of carbonyl (C=O) groups excluding carboxylic acids is 2. The summed E-state index contributed by atoms with van der Waals surface area (Å²) in [4.78, 5) is 25.7. The molecule has 0 radical (unpaired) electrons. The van der Waals surface area contributed by atoms with Crippen LogP contribution in [0, 0.1) is 5.92 Å². The lowest BCUT2D eigenvalue weighted by Gasteiger charge is -2.16. The number of carbonyl (C=O) groups is 2. The van der Waals surface area contributed by atoms with Gasteiger partial charge in [-0.15, -0.1) is 0 Å². The first-order valence-electron chi connectivity index (χ1n) is 8.24. The fraction of sp³-hybridized carbons (Fsp3) is 0.875. The van der Waals surface area contributed by atoms with E-state index in [0.717, 1.165) is 38.8 Å². The molecule has 0 spiro atoms. The second-order valence-corrected chi connectivity index (χ2v) is 5.80. The van der Waals surface area contributed by atoms with Crippen LogP contribution in [0.2, 0.25) is 0 Å². The van der Waals surface area contributed by atoms with E-state index in [1.807, 2.05) is 4.90 Å². The lowest BCUT2D eigenvalue weighted by molar-refractivity contribution is -0.129. The quantitative estimate of drug-likeness (QED) is 0.626. The molecule has 0 aliphatic carbocycles. The molecule has 1 N–H and O–H groups in total. The Bertz CT molecular complexity index is 305. The summed E-state index contributed by atoms with van der Waals surface area (Å²) in [5.41, 5.74) is 0. The minimum Gasteiger partial charge on any atom is -0.356 e. The zero-order valence-electron chi connectivity index (χ0n) is 13.1. The highest BCUT2D eigenvalue weighted by Crippen LogP contribution is 2.18. The molecule has 1 unspecified atom stereocenters. The summed E-state index contributed by atoms with van der Waals surface area (Å²) in [7, 11) is 0. The van der Waals surface area contributed by atoms with Crippen molar-refractivity contribution in [3.05, 3.63) is 0 Å². The number of likely N-dealkylation sites (tertiary alicyclic amines) is 1. The maximum absolute atomic E-state index is 12.0. The van der Waals surface area contributed by atoms with Crippen molar-refractivity contribution in [2.45, 2.75) is 65.2 Å². The van der Waals surface area contributed by atoms with Crippen molar-refractivity contribution in [2.24, 2.45) is 5.92 Å². The van der Waals surface area contributed by atoms with Crippen molar-refractivity contribution in [3.63, 3.8) is 0 Å². The predicted octanol–water partition coefficient (Wildman–Crippen LogP) is 2.72. The molecular formula is C16H30N2O2. The van der Waals surface area contributed by atoms with Gasteiger partial charge in [0.05, 0.1) is 5.92 Å². The van der Waals surface area contributed by atoms with E-state index in [0.29, 0.717) is 13.0 Å². The summed E-state index contributed by atoms with van der Waals surface area (Å²) in [6.45, 7) is 6.50. The van der Waals surface area contributed by atoms with Crippen LogP contribution in [0.3, 0.4) is 0 Å². The molecule has 1 heterocycles. The summed E-state index contributed by atoms with van der Waals surface area (Å²) in [6.07, 6.45) is 8.40. The van der Waals surface area contributed by atoms with Gasteiger partial charge in [0.2, 0.25) is 11.8 Å². The summed E-state index contributed by atoms with van der Waals surface area (Å²) in [5, 5.41) is 2.96. The van der Waals surface area contributed by atoms with Crippen LogP contribution < -0.4 is 5.32 Å². The molecule has 0 aromatic carbocycles. The number of nitrogens with one attached hydrogen (secondary N) is 1. The second kappa shape index (κ2) is 9.78. The molecular weight excluding hydrogens is 252 g/mol. The van der Waals surface area contributed by atoms with Crippen molar-refractivity contribution in [1.82, 2.24) is 10.2 Å². The Balaban J connectivity index is 2.22. The minimum absolute atomic E-state index is 0.0607. The molecule has 4 nitrogen and oxygen atoms in total. The number of hydrogen-bond acceptors (Lipinski definition) is 2. The number of nitrogens with zero attached hydrogens (tertiary/aromatic N) is 1. The van der Waals surface area contributed by atoms with Crippen LogP contribution in [-0.4, -0.2) is 36.3 Å². The maximum Gasteiger partial charge on any atom is 0.225 e. The third-order valence-electron chi connectivity index (χ3n) is 3.95. The van der Waals surface area contributed by atoms with Gasteiger partial charge in [-0.05, 0) is 12.8 Å². The van der Waals surface area contributed by atoms with Crippen molar-refractivity contribution in [2.75, 3.05) is 19.6 Å². The Morgan fingerprint density at radius 1 is 1.15 bits per heavy atom. The van der Waals surface area contributed by atoms with Crippen LogP contribution in [0.15, 0.2) is 0 Å². The number of hydrogen-bond donors (Lipinski definition) is 1. The first-order valence-corrected chi connectivity index (χ1v) is 8.24. The fourth-order valence-corrected chi connectivity index (χ4v) is 2.62. The molecule has 20 heavy (non-hydrogen) atoms. The Kier molecular flexibility index (Phi) is 8.31. The molecule has 1 fully saturated rings. The average molecular weight is 282 g/mol. The van der Waals surface area contributed by atoms with Gasteiger partial charge in [0, 0.05) is 26.1 Å². The minimum atomic E-state index is -0.129. The van der Waals surface area contributed by atoms with E-state index < -0.39 is 0 Å². The molecule has 4 heteroatoms. The standard InChI is InChI=1S/C16H30N2O2/c1-3-5-7-9-11-18-13-14(12-15(18)19)16(20)17-10-8-6-4-2/h14H,3-13H2,1-2H3,(H,17,20). The number of unbranched alkanes of at least 4 members (excludes halogenated alkanes) is 5. The molecule has 1 aliphatic rings. The van der Waals surface area contributed by atoms with Gasteiger partial charge in [0.25, 0.3) is 0 Å². The SMILES string of the molecule is CCCCCCN1CC(C(=O)NCCCCC)CC1=O. The highest BCUT2D eigenvalue weighted by atomic mass is 16.2. The molecule has 0 saturated carbocycles.